The normalized spacial score (nSPS) is 47.7. The maximum absolute atomic E-state index is 11.8. The van der Waals surface area contributed by atoms with Gasteiger partial charge in [-0.3, -0.25) is 9.05 Å². The molecule has 2 heterocycles. The summed E-state index contributed by atoms with van der Waals surface area (Å²) >= 11 is 0. The van der Waals surface area contributed by atoms with Gasteiger partial charge < -0.3 is 24.6 Å². The smallest absolute Gasteiger partial charge is 0.394 e. The highest BCUT2D eigenvalue weighted by Crippen LogP contribution is 2.47. The second-order valence-corrected chi connectivity index (χ2v) is 5.72. The van der Waals surface area contributed by atoms with Crippen LogP contribution >= 0.6 is 7.82 Å². The molecule has 2 fully saturated rings. The molecule has 3 N–H and O–H groups in total. The highest BCUT2D eigenvalue weighted by Gasteiger charge is 2.37. The number of aliphatic hydroxyl groups is 2. The first kappa shape index (κ1) is 12.7. The molecule has 2 aliphatic heterocycles. The fourth-order valence-corrected chi connectivity index (χ4v) is 2.78. The van der Waals surface area contributed by atoms with E-state index >= 15 is 0 Å². The fourth-order valence-electron chi connectivity index (χ4n) is 1.82. The largest absolute Gasteiger partial charge is 0.472 e. The van der Waals surface area contributed by atoms with Crippen molar-refractivity contribution in [3.63, 3.8) is 0 Å². The minimum Gasteiger partial charge on any atom is -0.394 e. The zero-order valence-electron chi connectivity index (χ0n) is 12.1. The molecule has 0 aromatic rings. The summed E-state index contributed by atoms with van der Waals surface area (Å²) in [5, 5.41) is 18.6. The van der Waals surface area contributed by atoms with E-state index in [9.17, 15) is 14.6 Å². The van der Waals surface area contributed by atoms with Gasteiger partial charge in [0.2, 0.25) is 0 Å². The Bertz CT molecular complexity index is 399. The Morgan fingerprint density at radius 1 is 1.32 bits per heavy atom. The van der Waals surface area contributed by atoms with Crippen molar-refractivity contribution >= 4 is 7.82 Å². The molecule has 1 unspecified atom stereocenters. The Labute approximate surface area is 113 Å². The van der Waals surface area contributed by atoms with Crippen LogP contribution in [0.15, 0.2) is 0 Å². The van der Waals surface area contributed by atoms with Crippen LogP contribution in [0.1, 0.15) is 15.6 Å². The van der Waals surface area contributed by atoms with Crippen LogP contribution < -0.4 is 0 Å². The molecule has 0 aliphatic carbocycles. The third kappa shape index (κ3) is 4.21. The van der Waals surface area contributed by atoms with Gasteiger partial charge in [-0.15, -0.1) is 0 Å². The molecule has 2 saturated heterocycles. The van der Waals surface area contributed by atoms with E-state index in [1.807, 2.05) is 0 Å². The van der Waals surface area contributed by atoms with Gasteiger partial charge in [0, 0.05) is 19.6 Å². The molecule has 7 atom stereocenters. The van der Waals surface area contributed by atoms with Gasteiger partial charge in [-0.1, -0.05) is 0 Å². The zero-order valence-corrected chi connectivity index (χ0v) is 11.0. The molecule has 0 aromatic heterocycles. The van der Waals surface area contributed by atoms with Gasteiger partial charge >= 0.3 is 7.82 Å². The summed E-state index contributed by atoms with van der Waals surface area (Å²) in [7, 11) is -4.44. The van der Waals surface area contributed by atoms with Crippen LogP contribution in [-0.2, 0) is 23.1 Å². The summed E-state index contributed by atoms with van der Waals surface area (Å²) in [6.07, 6.45) is -3.45. The van der Waals surface area contributed by atoms with Gasteiger partial charge in [-0.05, 0) is 6.42 Å². The van der Waals surface area contributed by atoms with Gasteiger partial charge in [0.25, 0.3) is 0 Å². The van der Waals surface area contributed by atoms with Gasteiger partial charge in [0.1, 0.15) is 18.3 Å². The zero-order chi connectivity index (χ0) is 15.6. The number of rotatable bonds is 6. The average molecular weight is 302 g/mol. The molecule has 0 spiro atoms. The Balaban J connectivity index is 1.83. The first-order valence-corrected chi connectivity index (χ1v) is 7.40. The maximum atomic E-state index is 11.8. The van der Waals surface area contributed by atoms with Gasteiger partial charge in [0.15, 0.2) is 0 Å². The molecular weight excluding hydrogens is 279 g/mol. The number of phosphoric ester groups is 1. The fraction of sp³-hybridized carbons (Fsp3) is 1.00. The SMILES string of the molecule is [3H][C@@H]1C[C@@H](OP(=O)(O)OC[C@H]2O[C@@H]([3H])C[C@H]2O)[C@@H](CO)O1. The van der Waals surface area contributed by atoms with E-state index in [1.165, 1.54) is 0 Å². The van der Waals surface area contributed by atoms with Crippen LogP contribution in [0.3, 0.4) is 0 Å². The Hall–Kier alpha value is -0.0500. The minimum atomic E-state index is -4.44. The second-order valence-electron chi connectivity index (χ2n) is 4.31. The van der Waals surface area contributed by atoms with Crippen molar-refractivity contribution in [1.29, 1.82) is 0 Å². The summed E-state index contributed by atoms with van der Waals surface area (Å²) in [5.41, 5.74) is 0. The first-order chi connectivity index (χ1) is 9.80. The Morgan fingerprint density at radius 2 is 2.00 bits per heavy atom. The maximum Gasteiger partial charge on any atom is 0.472 e. The number of ether oxygens (including phenoxy) is 2. The molecule has 0 aromatic carbocycles. The topological polar surface area (TPSA) is 115 Å². The van der Waals surface area contributed by atoms with Crippen molar-refractivity contribution in [1.82, 2.24) is 0 Å². The molecule has 9 heteroatoms. The summed E-state index contributed by atoms with van der Waals surface area (Å²) in [6.45, 7) is -2.66. The summed E-state index contributed by atoms with van der Waals surface area (Å²) < 4.78 is 46.2. The minimum absolute atomic E-state index is 0.0382. The predicted octanol–water partition coefficient (Wildman–Crippen LogP) is -0.580. The highest BCUT2D eigenvalue weighted by molar-refractivity contribution is 7.47. The lowest BCUT2D eigenvalue weighted by atomic mass is 10.2. The summed E-state index contributed by atoms with van der Waals surface area (Å²) in [6, 6.07) is 0. The highest BCUT2D eigenvalue weighted by atomic mass is 31.2. The number of aliphatic hydroxyl groups excluding tert-OH is 2. The molecule has 8 nitrogen and oxygen atoms in total. The van der Waals surface area contributed by atoms with Crippen LogP contribution in [0, 0.1) is 0 Å². The van der Waals surface area contributed by atoms with E-state index in [1.54, 1.807) is 0 Å². The third-order valence-corrected chi connectivity index (χ3v) is 3.92. The van der Waals surface area contributed by atoms with E-state index in [0.29, 0.717) is 0 Å². The van der Waals surface area contributed by atoms with Gasteiger partial charge in [-0.2, -0.15) is 0 Å². The number of hydrogen-bond acceptors (Lipinski definition) is 7. The van der Waals surface area contributed by atoms with Crippen LogP contribution in [0.5, 0.6) is 0 Å². The quantitative estimate of drug-likeness (QED) is 0.558. The monoisotopic (exact) mass is 302 g/mol. The van der Waals surface area contributed by atoms with Crippen molar-refractivity contribution in [3.8, 4) is 0 Å². The Morgan fingerprint density at radius 3 is 2.63 bits per heavy atom. The lowest BCUT2D eigenvalue weighted by Crippen LogP contribution is -2.29. The first-order valence-electron chi connectivity index (χ1n) is 7.06. The molecule has 2 aliphatic rings. The average Bonchev–Trinajstić information content (AvgIpc) is 2.88. The van der Waals surface area contributed by atoms with Crippen LogP contribution in [0.25, 0.3) is 0 Å². The van der Waals surface area contributed by atoms with Crippen molar-refractivity contribution in [3.05, 3.63) is 0 Å². The molecule has 0 amide bonds. The molecule has 0 radical (unpaired) electrons. The second kappa shape index (κ2) is 6.60. The number of hydrogen-bond donors (Lipinski definition) is 3. The lowest BCUT2D eigenvalue weighted by Gasteiger charge is -2.21. The molecule has 19 heavy (non-hydrogen) atoms. The Kier molecular flexibility index (Phi) is 4.40. The lowest BCUT2D eigenvalue weighted by molar-refractivity contribution is -0.0190. The van der Waals surface area contributed by atoms with E-state index in [-0.39, 0.29) is 12.8 Å². The summed E-state index contributed by atoms with van der Waals surface area (Å²) in [4.78, 5) is 9.62. The van der Waals surface area contributed by atoms with Gasteiger partial charge in [0.05, 0.1) is 22.1 Å². The van der Waals surface area contributed by atoms with E-state index in [0.717, 1.165) is 0 Å². The van der Waals surface area contributed by atoms with Crippen molar-refractivity contribution < 1.29 is 40.9 Å². The van der Waals surface area contributed by atoms with E-state index in [4.69, 9.17) is 26.4 Å². The van der Waals surface area contributed by atoms with Crippen LogP contribution in [0.4, 0.5) is 0 Å². The molecule has 0 bridgehead atoms. The standard InChI is InChI=1S/C10H19O8P/c11-5-9-8(2-4-15-9)18-19(13,14)17-6-10-7(12)1-3-16-10/h7-12H,1-6H2,(H,13,14)/t7-,8-,9-,10-/m1/s1/i3T,4T/t3-,4+,7+,8+,9+,10+/m0. The molecule has 2 rings (SSSR count). The molecule has 112 valence electrons. The van der Waals surface area contributed by atoms with Crippen molar-refractivity contribution in [2.75, 3.05) is 26.4 Å². The third-order valence-electron chi connectivity index (χ3n) is 2.90. The summed E-state index contributed by atoms with van der Waals surface area (Å²) in [5.74, 6) is 0. The van der Waals surface area contributed by atoms with E-state index in [2.05, 4.69) is 0 Å². The van der Waals surface area contributed by atoms with Crippen LogP contribution in [0.2, 0.25) is 0 Å². The van der Waals surface area contributed by atoms with Gasteiger partial charge in [-0.25, -0.2) is 4.57 Å². The van der Waals surface area contributed by atoms with Crippen molar-refractivity contribution in [2.24, 2.45) is 0 Å². The number of phosphoric acid groups is 1. The van der Waals surface area contributed by atoms with Crippen molar-refractivity contribution in [2.45, 2.75) is 37.3 Å². The predicted molar refractivity (Wildman–Crippen MR) is 62.5 cm³/mol. The van der Waals surface area contributed by atoms with Crippen LogP contribution in [-0.4, -0.2) is 65.9 Å². The van der Waals surface area contributed by atoms with E-state index < -0.39 is 58.6 Å². The molecule has 0 saturated carbocycles. The molecular formula is C10H19O8P.